The van der Waals surface area contributed by atoms with Crippen molar-refractivity contribution in [1.82, 2.24) is 0 Å². The number of benzene rings is 2. The lowest BCUT2D eigenvalue weighted by atomic mass is 9.89. The number of aryl methyl sites for hydroxylation is 1. The summed E-state index contributed by atoms with van der Waals surface area (Å²) in [5.41, 5.74) is 10.00. The van der Waals surface area contributed by atoms with Crippen LogP contribution in [0.25, 0.3) is 16.7 Å². The molecule has 0 fully saturated rings. The molecule has 1 aliphatic carbocycles. The average molecular weight is 331 g/mol. The molecule has 0 saturated carbocycles. The number of hydrogen-bond donors (Lipinski definition) is 0. The van der Waals surface area contributed by atoms with E-state index in [1.807, 2.05) is 0 Å². The first-order valence-corrected chi connectivity index (χ1v) is 9.82. The summed E-state index contributed by atoms with van der Waals surface area (Å²) in [4.78, 5) is 0. The third-order valence-electron chi connectivity index (χ3n) is 5.37. The van der Waals surface area contributed by atoms with Gasteiger partial charge in [-0.15, -0.1) is 0 Å². The van der Waals surface area contributed by atoms with E-state index < -0.39 is 0 Å². The second-order valence-electron chi connectivity index (χ2n) is 7.09. The predicted octanol–water partition coefficient (Wildman–Crippen LogP) is 7.52. The fourth-order valence-corrected chi connectivity index (χ4v) is 3.91. The van der Waals surface area contributed by atoms with Crippen LogP contribution in [0.5, 0.6) is 0 Å². The molecule has 0 spiro atoms. The molecule has 2 aromatic carbocycles. The van der Waals surface area contributed by atoms with Crippen molar-refractivity contribution in [2.75, 3.05) is 0 Å². The molecule has 25 heavy (non-hydrogen) atoms. The molecule has 0 amide bonds. The van der Waals surface area contributed by atoms with Crippen molar-refractivity contribution in [2.24, 2.45) is 0 Å². The first kappa shape index (κ1) is 17.7. The van der Waals surface area contributed by atoms with Gasteiger partial charge in [0, 0.05) is 0 Å². The van der Waals surface area contributed by atoms with Crippen molar-refractivity contribution in [3.8, 4) is 11.1 Å². The van der Waals surface area contributed by atoms with E-state index >= 15 is 0 Å². The van der Waals surface area contributed by atoms with Crippen LogP contribution in [-0.2, 0) is 6.42 Å². The Balaban J connectivity index is 2.04. The van der Waals surface area contributed by atoms with E-state index in [-0.39, 0.29) is 0 Å². The van der Waals surface area contributed by atoms with Crippen molar-refractivity contribution >= 4 is 5.57 Å². The van der Waals surface area contributed by atoms with Gasteiger partial charge in [-0.05, 0) is 72.4 Å². The minimum atomic E-state index is 1.15. The highest BCUT2D eigenvalue weighted by Crippen LogP contribution is 2.34. The zero-order chi connectivity index (χ0) is 17.6. The summed E-state index contributed by atoms with van der Waals surface area (Å²) in [6.07, 6.45) is 11.9. The van der Waals surface area contributed by atoms with Crippen molar-refractivity contribution in [3.63, 3.8) is 0 Å². The second-order valence-corrected chi connectivity index (χ2v) is 7.09. The van der Waals surface area contributed by atoms with Crippen LogP contribution in [0.15, 0.2) is 60.2 Å². The number of hydrogen-bond acceptors (Lipinski definition) is 0. The molecular weight excluding hydrogens is 300 g/mol. The minimum absolute atomic E-state index is 1.15. The summed E-state index contributed by atoms with van der Waals surface area (Å²) < 4.78 is 0. The molecule has 0 atom stereocenters. The van der Waals surface area contributed by atoms with Gasteiger partial charge in [0.15, 0.2) is 0 Å². The topological polar surface area (TPSA) is 0 Å². The van der Waals surface area contributed by atoms with E-state index in [1.165, 1.54) is 59.1 Å². The highest BCUT2D eigenvalue weighted by Gasteiger charge is 2.13. The van der Waals surface area contributed by atoms with Crippen molar-refractivity contribution in [3.05, 3.63) is 76.9 Å². The maximum absolute atomic E-state index is 2.36. The lowest BCUT2D eigenvalue weighted by Crippen LogP contribution is -1.95. The fourth-order valence-electron chi connectivity index (χ4n) is 3.91. The van der Waals surface area contributed by atoms with Gasteiger partial charge in [0.1, 0.15) is 0 Å². The number of rotatable bonds is 5. The Morgan fingerprint density at radius 2 is 1.68 bits per heavy atom. The fraction of sp³-hybridized carbons (Fsp3) is 0.360. The molecule has 0 bridgehead atoms. The van der Waals surface area contributed by atoms with Gasteiger partial charge < -0.3 is 0 Å². The largest absolute Gasteiger partial charge is 0.0839 e. The van der Waals surface area contributed by atoms with Gasteiger partial charge in [-0.1, -0.05) is 80.5 Å². The Morgan fingerprint density at radius 3 is 2.40 bits per heavy atom. The molecule has 0 unspecified atom stereocenters. The van der Waals surface area contributed by atoms with Crippen molar-refractivity contribution < 1.29 is 0 Å². The van der Waals surface area contributed by atoms with Crippen molar-refractivity contribution in [2.45, 2.75) is 59.3 Å². The zero-order valence-corrected chi connectivity index (χ0v) is 15.9. The summed E-state index contributed by atoms with van der Waals surface area (Å²) in [5, 5.41) is 0. The smallest absolute Gasteiger partial charge is 0.0149 e. The molecule has 2 aromatic rings. The third kappa shape index (κ3) is 3.95. The molecule has 0 heteroatoms. The van der Waals surface area contributed by atoms with Crippen LogP contribution in [0.3, 0.4) is 0 Å². The molecule has 3 rings (SSSR count). The summed E-state index contributed by atoms with van der Waals surface area (Å²) in [6.45, 7) is 6.81. The van der Waals surface area contributed by atoms with Gasteiger partial charge in [-0.2, -0.15) is 0 Å². The first-order chi connectivity index (χ1) is 12.2. The average Bonchev–Trinajstić information content (AvgIpc) is 2.88. The van der Waals surface area contributed by atoms with Gasteiger partial charge in [-0.3, -0.25) is 0 Å². The van der Waals surface area contributed by atoms with Gasteiger partial charge in [0.2, 0.25) is 0 Å². The molecule has 130 valence electrons. The lowest BCUT2D eigenvalue weighted by Gasteiger charge is -2.16. The summed E-state index contributed by atoms with van der Waals surface area (Å²) in [5.74, 6) is 0. The number of allylic oxidation sites excluding steroid dienone is 4. The second kappa shape index (κ2) is 8.34. The Morgan fingerprint density at radius 1 is 0.920 bits per heavy atom. The van der Waals surface area contributed by atoms with E-state index in [1.54, 1.807) is 5.57 Å². The molecular formula is C25H30. The van der Waals surface area contributed by atoms with Crippen LogP contribution in [0.2, 0.25) is 0 Å². The molecule has 0 N–H and O–H groups in total. The lowest BCUT2D eigenvalue weighted by molar-refractivity contribution is 0.814. The Hall–Kier alpha value is -2.08. The normalized spacial score (nSPS) is 14.7. The Labute approximate surface area is 153 Å². The molecule has 0 aliphatic heterocycles. The molecule has 0 saturated heterocycles. The summed E-state index contributed by atoms with van der Waals surface area (Å²) in [6, 6.07) is 15.9. The van der Waals surface area contributed by atoms with E-state index in [9.17, 15) is 0 Å². The Bertz CT molecular complexity index is 772. The van der Waals surface area contributed by atoms with E-state index in [0.717, 1.165) is 12.8 Å². The van der Waals surface area contributed by atoms with E-state index in [2.05, 4.69) is 75.4 Å². The van der Waals surface area contributed by atoms with Gasteiger partial charge >= 0.3 is 0 Å². The SMILES string of the molecule is CCCc1ccc(-c2cccc(C3=C(CC)CCCC=C3)c2C)cc1. The molecule has 0 heterocycles. The molecule has 0 aromatic heterocycles. The van der Waals surface area contributed by atoms with Gasteiger partial charge in [0.25, 0.3) is 0 Å². The van der Waals surface area contributed by atoms with Crippen LogP contribution in [0.1, 0.15) is 62.6 Å². The van der Waals surface area contributed by atoms with Gasteiger partial charge in [-0.25, -0.2) is 0 Å². The van der Waals surface area contributed by atoms with Crippen LogP contribution in [-0.4, -0.2) is 0 Å². The van der Waals surface area contributed by atoms with Crippen LogP contribution in [0, 0.1) is 6.92 Å². The first-order valence-electron chi connectivity index (χ1n) is 9.82. The Kier molecular flexibility index (Phi) is 5.91. The van der Waals surface area contributed by atoms with Crippen molar-refractivity contribution in [1.29, 1.82) is 0 Å². The van der Waals surface area contributed by atoms with E-state index in [4.69, 9.17) is 0 Å². The summed E-state index contributed by atoms with van der Waals surface area (Å²) >= 11 is 0. The standard InChI is InChI=1S/C25H30/c1-4-10-20-15-17-22(18-16-20)23-13-9-14-24(19(23)3)25-12-8-6-7-11-21(25)5-2/h8-9,12-18H,4-7,10-11H2,1-3H3. The maximum atomic E-state index is 2.36. The van der Waals surface area contributed by atoms with Crippen LogP contribution >= 0.6 is 0 Å². The monoisotopic (exact) mass is 330 g/mol. The molecule has 0 nitrogen and oxygen atoms in total. The molecule has 0 radical (unpaired) electrons. The van der Waals surface area contributed by atoms with Gasteiger partial charge in [0.05, 0.1) is 0 Å². The molecule has 1 aliphatic rings. The highest BCUT2D eigenvalue weighted by molar-refractivity contribution is 5.83. The third-order valence-corrected chi connectivity index (χ3v) is 5.37. The quantitative estimate of drug-likeness (QED) is 0.532. The highest BCUT2D eigenvalue weighted by atomic mass is 14.2. The van der Waals surface area contributed by atoms with Crippen LogP contribution in [0.4, 0.5) is 0 Å². The summed E-state index contributed by atoms with van der Waals surface area (Å²) in [7, 11) is 0. The minimum Gasteiger partial charge on any atom is -0.0839 e. The zero-order valence-electron chi connectivity index (χ0n) is 15.9. The van der Waals surface area contributed by atoms with E-state index in [0.29, 0.717) is 0 Å². The van der Waals surface area contributed by atoms with Crippen LogP contribution < -0.4 is 0 Å². The predicted molar refractivity (Wildman–Crippen MR) is 111 cm³/mol. The maximum Gasteiger partial charge on any atom is -0.0149 e.